The molecular formula is C27H24BrCl2N3O4. The molecule has 10 heteroatoms. The van der Waals surface area contributed by atoms with Crippen molar-refractivity contribution in [1.29, 1.82) is 0 Å². The van der Waals surface area contributed by atoms with Gasteiger partial charge in [0.1, 0.15) is 17.1 Å². The minimum atomic E-state index is -0.412. The lowest BCUT2D eigenvalue weighted by atomic mass is 10.0. The van der Waals surface area contributed by atoms with Gasteiger partial charge < -0.3 is 19.3 Å². The predicted molar refractivity (Wildman–Crippen MR) is 147 cm³/mol. The van der Waals surface area contributed by atoms with Gasteiger partial charge in [-0.05, 0) is 49.6 Å². The third-order valence-corrected chi connectivity index (χ3v) is 7.60. The van der Waals surface area contributed by atoms with Crippen molar-refractivity contribution in [3.8, 4) is 17.0 Å². The van der Waals surface area contributed by atoms with Crippen LogP contribution in [-0.4, -0.2) is 48.7 Å². The van der Waals surface area contributed by atoms with E-state index < -0.39 is 5.97 Å². The van der Waals surface area contributed by atoms with E-state index >= 15 is 0 Å². The number of hydrogen-bond acceptors (Lipinski definition) is 6. The molecule has 0 aliphatic carbocycles. The van der Waals surface area contributed by atoms with Gasteiger partial charge in [-0.15, -0.1) is 0 Å². The van der Waals surface area contributed by atoms with E-state index in [0.717, 1.165) is 43.5 Å². The summed E-state index contributed by atoms with van der Waals surface area (Å²) in [6.07, 6.45) is 3.26. The standard InChI is InChI=1S/C27H24BrCl2N3O4/c1-36-27(35)19-8-9-22(31-25(19)32-10-3-2-4-11-32)18-7-5-6-16-14-33(15-37-24(16)18)26(34)23-20(29)12-17(28)13-21(23)30/h5-9,12-13H,2-4,10-11,14-15H2,1H3. The fourth-order valence-electron chi connectivity index (χ4n) is 4.72. The lowest BCUT2D eigenvalue weighted by Gasteiger charge is -2.31. The molecule has 0 atom stereocenters. The van der Waals surface area contributed by atoms with Gasteiger partial charge in [-0.25, -0.2) is 9.78 Å². The van der Waals surface area contributed by atoms with Gasteiger partial charge >= 0.3 is 5.97 Å². The molecule has 1 saturated heterocycles. The number of ether oxygens (including phenoxy) is 2. The number of pyridine rings is 1. The maximum Gasteiger partial charge on any atom is 0.341 e. The van der Waals surface area contributed by atoms with Crippen LogP contribution in [0.15, 0.2) is 46.9 Å². The van der Waals surface area contributed by atoms with Gasteiger partial charge in [-0.1, -0.05) is 51.3 Å². The fourth-order valence-corrected chi connectivity index (χ4v) is 6.09. The Balaban J connectivity index is 1.47. The highest BCUT2D eigenvalue weighted by atomic mass is 79.9. The van der Waals surface area contributed by atoms with Gasteiger partial charge in [-0.3, -0.25) is 4.79 Å². The molecule has 2 aliphatic rings. The first-order chi connectivity index (χ1) is 17.9. The molecule has 1 amide bonds. The maximum absolute atomic E-state index is 13.3. The van der Waals surface area contributed by atoms with Gasteiger partial charge in [0.15, 0.2) is 6.73 Å². The van der Waals surface area contributed by atoms with Crippen LogP contribution in [0, 0.1) is 0 Å². The molecule has 192 valence electrons. The summed E-state index contributed by atoms with van der Waals surface area (Å²) in [5.41, 5.74) is 2.99. The summed E-state index contributed by atoms with van der Waals surface area (Å²) in [5, 5.41) is 0.535. The number of aromatic nitrogens is 1. The van der Waals surface area contributed by atoms with Crippen LogP contribution in [0.2, 0.25) is 10.0 Å². The van der Waals surface area contributed by atoms with E-state index in [4.69, 9.17) is 37.7 Å². The first kappa shape index (κ1) is 25.8. The maximum atomic E-state index is 13.3. The van der Waals surface area contributed by atoms with Crippen LogP contribution in [0.3, 0.4) is 0 Å². The molecule has 2 aliphatic heterocycles. The molecule has 0 unspecified atom stereocenters. The number of nitrogens with zero attached hydrogens (tertiary/aromatic N) is 3. The van der Waals surface area contributed by atoms with Crippen molar-refractivity contribution in [2.45, 2.75) is 25.8 Å². The average Bonchev–Trinajstić information content (AvgIpc) is 2.91. The largest absolute Gasteiger partial charge is 0.472 e. The first-order valence-electron chi connectivity index (χ1n) is 11.9. The fraction of sp³-hybridized carbons (Fsp3) is 0.296. The molecule has 0 bridgehead atoms. The van der Waals surface area contributed by atoms with E-state index in [1.54, 1.807) is 29.2 Å². The van der Waals surface area contributed by atoms with E-state index in [9.17, 15) is 9.59 Å². The Labute approximate surface area is 233 Å². The van der Waals surface area contributed by atoms with Gasteiger partial charge in [0.05, 0.1) is 35.0 Å². The Morgan fingerprint density at radius 3 is 2.49 bits per heavy atom. The summed E-state index contributed by atoms with van der Waals surface area (Å²) in [5.74, 6) is 0.549. The van der Waals surface area contributed by atoms with E-state index in [1.165, 1.54) is 7.11 Å². The summed E-state index contributed by atoms with van der Waals surface area (Å²) >= 11 is 16.0. The van der Waals surface area contributed by atoms with Crippen molar-refractivity contribution in [1.82, 2.24) is 9.88 Å². The zero-order chi connectivity index (χ0) is 26.1. The molecule has 0 saturated carbocycles. The van der Waals surface area contributed by atoms with Crippen molar-refractivity contribution >= 4 is 56.8 Å². The van der Waals surface area contributed by atoms with Crippen molar-refractivity contribution < 1.29 is 19.1 Å². The Morgan fingerprint density at radius 2 is 1.78 bits per heavy atom. The molecule has 3 aromatic rings. The molecule has 37 heavy (non-hydrogen) atoms. The number of esters is 1. The lowest BCUT2D eigenvalue weighted by molar-refractivity contribution is 0.0515. The Bertz CT molecular complexity index is 1350. The van der Waals surface area contributed by atoms with Crippen LogP contribution in [0.5, 0.6) is 5.75 Å². The summed E-state index contributed by atoms with van der Waals surface area (Å²) in [4.78, 5) is 34.3. The molecule has 0 spiro atoms. The number of amides is 1. The number of carbonyl (C=O) groups is 2. The number of fused-ring (bicyclic) bond motifs is 1. The molecule has 2 aromatic carbocycles. The van der Waals surface area contributed by atoms with Crippen LogP contribution in [0.1, 0.15) is 45.5 Å². The number of piperidine rings is 1. The Morgan fingerprint density at radius 1 is 1.05 bits per heavy atom. The zero-order valence-corrected chi connectivity index (χ0v) is 23.2. The summed E-state index contributed by atoms with van der Waals surface area (Å²) in [7, 11) is 1.37. The monoisotopic (exact) mass is 603 g/mol. The highest BCUT2D eigenvalue weighted by Gasteiger charge is 2.29. The number of rotatable bonds is 4. The third-order valence-electron chi connectivity index (χ3n) is 6.54. The van der Waals surface area contributed by atoms with Crippen LogP contribution in [0.4, 0.5) is 5.82 Å². The van der Waals surface area contributed by atoms with E-state index in [-0.39, 0.29) is 28.2 Å². The van der Waals surface area contributed by atoms with Crippen molar-refractivity contribution in [3.05, 3.63) is 73.7 Å². The number of methoxy groups -OCH3 is 1. The van der Waals surface area contributed by atoms with Crippen LogP contribution < -0.4 is 9.64 Å². The second-order valence-electron chi connectivity index (χ2n) is 8.92. The second kappa shape index (κ2) is 10.9. The molecule has 3 heterocycles. The van der Waals surface area contributed by atoms with Crippen LogP contribution in [0.25, 0.3) is 11.3 Å². The van der Waals surface area contributed by atoms with Gasteiger partial charge in [-0.2, -0.15) is 0 Å². The molecule has 5 rings (SSSR count). The van der Waals surface area contributed by atoms with E-state index in [2.05, 4.69) is 20.8 Å². The average molecular weight is 605 g/mol. The number of carbonyl (C=O) groups excluding carboxylic acids is 2. The first-order valence-corrected chi connectivity index (χ1v) is 13.5. The number of hydrogen-bond donors (Lipinski definition) is 0. The minimum absolute atomic E-state index is 0.0325. The second-order valence-corrected chi connectivity index (χ2v) is 10.7. The zero-order valence-electron chi connectivity index (χ0n) is 20.1. The van der Waals surface area contributed by atoms with Crippen LogP contribution in [-0.2, 0) is 11.3 Å². The number of anilines is 1. The Kier molecular flexibility index (Phi) is 7.60. The van der Waals surface area contributed by atoms with E-state index in [1.807, 2.05) is 18.2 Å². The summed E-state index contributed by atoms with van der Waals surface area (Å²) in [6.45, 7) is 2.03. The summed E-state index contributed by atoms with van der Waals surface area (Å²) in [6, 6.07) is 12.6. The Hall–Kier alpha value is -2.81. The third kappa shape index (κ3) is 5.15. The SMILES string of the molecule is COC(=O)c1ccc(-c2cccc3c2OCN(C(=O)c2c(Cl)cc(Br)cc2Cl)C3)nc1N1CCCCC1. The van der Waals surface area contributed by atoms with Crippen molar-refractivity contribution in [2.24, 2.45) is 0 Å². The smallest absolute Gasteiger partial charge is 0.341 e. The number of benzene rings is 2. The normalized spacial score (nSPS) is 15.1. The highest BCUT2D eigenvalue weighted by molar-refractivity contribution is 9.10. The quantitative estimate of drug-likeness (QED) is 0.313. The molecular weight excluding hydrogens is 581 g/mol. The molecule has 1 fully saturated rings. The molecule has 0 radical (unpaired) electrons. The molecule has 7 nitrogen and oxygen atoms in total. The topological polar surface area (TPSA) is 72.0 Å². The molecule has 0 N–H and O–H groups in total. The molecule has 1 aromatic heterocycles. The number of para-hydroxylation sites is 1. The van der Waals surface area contributed by atoms with Gasteiger partial charge in [0.25, 0.3) is 5.91 Å². The predicted octanol–water partition coefficient (Wildman–Crippen LogP) is 6.59. The van der Waals surface area contributed by atoms with Crippen molar-refractivity contribution in [2.75, 3.05) is 31.8 Å². The highest BCUT2D eigenvalue weighted by Crippen LogP contribution is 2.38. The van der Waals surface area contributed by atoms with E-state index in [0.29, 0.717) is 33.8 Å². The number of halogens is 3. The van der Waals surface area contributed by atoms with Gasteiger partial charge in [0, 0.05) is 28.7 Å². The van der Waals surface area contributed by atoms with Crippen LogP contribution >= 0.6 is 39.1 Å². The lowest BCUT2D eigenvalue weighted by Crippen LogP contribution is -2.37. The van der Waals surface area contributed by atoms with Gasteiger partial charge in [0.2, 0.25) is 0 Å². The minimum Gasteiger partial charge on any atom is -0.472 e. The van der Waals surface area contributed by atoms with Crippen molar-refractivity contribution in [3.63, 3.8) is 0 Å². The summed E-state index contributed by atoms with van der Waals surface area (Å²) < 4.78 is 11.8.